The van der Waals surface area contributed by atoms with E-state index in [1.54, 1.807) is 13.8 Å². The molecule has 0 aromatic carbocycles. The monoisotopic (exact) mass is 1160 g/mol. The largest absolute Gasteiger partial charge is 0.300 e. The standard InChI is InChI=1S/C18H32O.C17H30O.C16H28O.C15H26O.C6H12O.C5H10O/c1-5-8-11-15-13-18(4,12-9-6-2)14-17(19)16(15)10-7-3;1-5-8-10-14-12-17(4,11-7-3)13-16(18)15(14)9-6-2;1-5-8-9-13-11-16(4,10-6-2)12-15(17)14(13)7-3;1-5-8-12-10-15(4,9-6-2)11-14(16)13(12)7-3;1-3-4-5-6(2)7;1-3-4-5(2)6/h5-14H2,1-4H3;5-13H2,1-4H3;5-12H2,1-4H3;5-11H2,1-4H3;3-5H2,1-2H3;3-4H2,1-2H3. The Bertz CT molecular complexity index is 2020. The Kier molecular flexibility index (Phi) is 45.6. The van der Waals surface area contributed by atoms with Crippen LogP contribution in [0, 0.1) is 21.7 Å². The van der Waals surface area contributed by atoms with Gasteiger partial charge >= 0.3 is 0 Å². The maximum Gasteiger partial charge on any atom is 0.159 e. The maximum atomic E-state index is 12.5. The average Bonchev–Trinajstić information content (AvgIpc) is 3.52. The molecule has 4 aliphatic carbocycles. The van der Waals surface area contributed by atoms with Gasteiger partial charge in [-0.3, -0.25) is 19.2 Å². The summed E-state index contributed by atoms with van der Waals surface area (Å²) in [6.45, 7) is 43.0. The van der Waals surface area contributed by atoms with E-state index in [4.69, 9.17) is 0 Å². The second kappa shape index (κ2) is 46.2. The second-order valence-electron chi connectivity index (χ2n) is 27.6. The number of allylic oxidation sites excluding steroid dienone is 8. The third-order valence-electron chi connectivity index (χ3n) is 17.9. The minimum atomic E-state index is 0.242. The highest BCUT2D eigenvalue weighted by atomic mass is 16.1. The van der Waals surface area contributed by atoms with Crippen molar-refractivity contribution in [3.05, 3.63) is 44.6 Å². The van der Waals surface area contributed by atoms with E-state index in [0.717, 1.165) is 152 Å². The van der Waals surface area contributed by atoms with Gasteiger partial charge in [-0.1, -0.05) is 224 Å². The van der Waals surface area contributed by atoms with Crippen LogP contribution in [0.15, 0.2) is 44.6 Å². The first-order valence-electron chi connectivity index (χ1n) is 35.2. The third-order valence-corrected chi connectivity index (χ3v) is 17.9. The van der Waals surface area contributed by atoms with Gasteiger partial charge in [0, 0.05) is 38.5 Å². The molecule has 0 amide bonds. The zero-order valence-electron chi connectivity index (χ0n) is 59.0. The fourth-order valence-electron chi connectivity index (χ4n) is 13.9. The van der Waals surface area contributed by atoms with Crippen LogP contribution in [0.5, 0.6) is 0 Å². The van der Waals surface area contributed by atoms with Crippen LogP contribution in [0.1, 0.15) is 389 Å². The quantitative estimate of drug-likeness (QED) is 0.0685. The van der Waals surface area contributed by atoms with Crippen molar-refractivity contribution in [1.29, 1.82) is 0 Å². The van der Waals surface area contributed by atoms with Crippen LogP contribution in [0.25, 0.3) is 0 Å². The molecule has 4 rings (SSSR count). The lowest BCUT2D eigenvalue weighted by molar-refractivity contribution is -0.119. The predicted octanol–water partition coefficient (Wildman–Crippen LogP) is 24.1. The zero-order valence-corrected chi connectivity index (χ0v) is 59.0. The summed E-state index contributed by atoms with van der Waals surface area (Å²) in [4.78, 5) is 69.5. The van der Waals surface area contributed by atoms with Crippen LogP contribution in [-0.4, -0.2) is 34.7 Å². The van der Waals surface area contributed by atoms with Gasteiger partial charge in [0.05, 0.1) is 0 Å². The number of hydrogen-bond donors (Lipinski definition) is 0. The van der Waals surface area contributed by atoms with Crippen molar-refractivity contribution in [3.63, 3.8) is 0 Å². The van der Waals surface area contributed by atoms with E-state index in [9.17, 15) is 28.8 Å². The Morgan fingerprint density at radius 1 is 0.289 bits per heavy atom. The van der Waals surface area contributed by atoms with E-state index in [2.05, 4.69) is 118 Å². The Hall–Kier alpha value is -3.02. The summed E-state index contributed by atoms with van der Waals surface area (Å²) >= 11 is 0. The molecule has 4 aliphatic rings. The van der Waals surface area contributed by atoms with Gasteiger partial charge in [-0.25, -0.2) is 0 Å². The molecule has 6 heteroatoms. The highest BCUT2D eigenvalue weighted by Crippen LogP contribution is 2.47. The smallest absolute Gasteiger partial charge is 0.159 e. The number of hydrogen-bond acceptors (Lipinski definition) is 6. The first-order valence-corrected chi connectivity index (χ1v) is 35.2. The van der Waals surface area contributed by atoms with Crippen LogP contribution < -0.4 is 0 Å². The number of unbranched alkanes of at least 4 members (excludes halogenated alkanes) is 5. The summed E-state index contributed by atoms with van der Waals surface area (Å²) in [7, 11) is 0. The molecule has 0 N–H and O–H groups in total. The van der Waals surface area contributed by atoms with Crippen LogP contribution in [0.3, 0.4) is 0 Å². The Balaban J connectivity index is 0. The van der Waals surface area contributed by atoms with Crippen molar-refractivity contribution < 1.29 is 28.8 Å². The molecule has 0 bridgehead atoms. The van der Waals surface area contributed by atoms with Crippen molar-refractivity contribution in [2.24, 2.45) is 21.7 Å². The predicted molar refractivity (Wildman–Crippen MR) is 361 cm³/mol. The third kappa shape index (κ3) is 33.6. The SMILES string of the molecule is CCCC(C)=O.CCCC1=C(CC)C(=O)CC(C)(CCC)C1.CCCCC(C)=O.CCCCC1=C(CC)C(=O)CC(C)(CCC)C1.CCCCC1=C(CCC)C(=O)CC(C)(CCC)C1.CCCCC1=C(CCC)C(=O)CC(C)(CCCC)C1. The van der Waals surface area contributed by atoms with Crippen LogP contribution >= 0.6 is 0 Å². The highest BCUT2D eigenvalue weighted by molar-refractivity contribution is 5.99. The summed E-state index contributed by atoms with van der Waals surface area (Å²) in [6.07, 6.45) is 42.4. The number of ketones is 6. The van der Waals surface area contributed by atoms with Crippen molar-refractivity contribution in [2.75, 3.05) is 0 Å². The fraction of sp³-hybridized carbons (Fsp3) is 0.818. The van der Waals surface area contributed by atoms with Crippen molar-refractivity contribution in [1.82, 2.24) is 0 Å². The first-order chi connectivity index (χ1) is 39.3. The van der Waals surface area contributed by atoms with Crippen molar-refractivity contribution >= 4 is 34.7 Å². The van der Waals surface area contributed by atoms with Gasteiger partial charge in [0.25, 0.3) is 0 Å². The molecule has 0 spiro atoms. The summed E-state index contributed by atoms with van der Waals surface area (Å²) in [6, 6.07) is 0. The molecule has 0 saturated heterocycles. The fourth-order valence-corrected chi connectivity index (χ4v) is 13.9. The number of carbonyl (C=O) groups excluding carboxylic acids is 6. The number of Topliss-reactive ketones (excluding diaryl/α,β-unsaturated/α-hetero) is 6. The van der Waals surface area contributed by atoms with Gasteiger partial charge in [0.2, 0.25) is 0 Å². The molecule has 0 radical (unpaired) electrons. The van der Waals surface area contributed by atoms with Crippen LogP contribution in [0.2, 0.25) is 0 Å². The zero-order chi connectivity index (χ0) is 63.7. The minimum Gasteiger partial charge on any atom is -0.300 e. The maximum absolute atomic E-state index is 12.5. The van der Waals surface area contributed by atoms with Gasteiger partial charge in [-0.2, -0.15) is 0 Å². The number of carbonyl (C=O) groups is 6. The molecule has 4 atom stereocenters. The molecular weight excluding hydrogens is 1020 g/mol. The second-order valence-corrected chi connectivity index (χ2v) is 27.6. The topological polar surface area (TPSA) is 102 Å². The van der Waals surface area contributed by atoms with Crippen molar-refractivity contribution in [2.45, 2.75) is 389 Å². The Morgan fingerprint density at radius 3 is 0.795 bits per heavy atom. The molecule has 0 aromatic heterocycles. The molecule has 0 fully saturated rings. The Labute approximate surface area is 516 Å². The van der Waals surface area contributed by atoms with E-state index in [0.29, 0.717) is 28.9 Å². The minimum absolute atomic E-state index is 0.242. The van der Waals surface area contributed by atoms with E-state index in [1.807, 2.05) is 6.92 Å². The molecule has 0 aliphatic heterocycles. The molecule has 83 heavy (non-hydrogen) atoms. The van der Waals surface area contributed by atoms with Gasteiger partial charge in [-0.15, -0.1) is 0 Å². The van der Waals surface area contributed by atoms with Gasteiger partial charge in [-0.05, 0) is 193 Å². The van der Waals surface area contributed by atoms with Crippen LogP contribution in [0.4, 0.5) is 0 Å². The van der Waals surface area contributed by atoms with Gasteiger partial charge in [0.15, 0.2) is 23.1 Å². The Morgan fingerprint density at radius 2 is 0.566 bits per heavy atom. The highest BCUT2D eigenvalue weighted by Gasteiger charge is 2.38. The molecule has 0 aromatic rings. The number of rotatable bonds is 31. The normalized spacial score (nSPS) is 22.6. The lowest BCUT2D eigenvalue weighted by Gasteiger charge is -2.36. The molecular formula is C77H138O6. The van der Waals surface area contributed by atoms with E-state index in [1.165, 1.54) is 143 Å². The van der Waals surface area contributed by atoms with Gasteiger partial charge in [0.1, 0.15) is 11.6 Å². The first kappa shape index (κ1) is 82.0. The summed E-state index contributed by atoms with van der Waals surface area (Å²) in [5, 5.41) is 0. The summed E-state index contributed by atoms with van der Waals surface area (Å²) in [5.41, 5.74) is 11.6. The average molecular weight is 1160 g/mol. The molecule has 482 valence electrons. The lowest BCUT2D eigenvalue weighted by atomic mass is 9.68. The van der Waals surface area contributed by atoms with Crippen LogP contribution in [-0.2, 0) is 28.8 Å². The summed E-state index contributed by atoms with van der Waals surface area (Å²) in [5.74, 6) is 2.36. The van der Waals surface area contributed by atoms with E-state index < -0.39 is 0 Å². The molecule has 0 heterocycles. The van der Waals surface area contributed by atoms with Crippen molar-refractivity contribution in [3.8, 4) is 0 Å². The lowest BCUT2D eigenvalue weighted by Crippen LogP contribution is -2.28. The van der Waals surface area contributed by atoms with Gasteiger partial charge < -0.3 is 9.59 Å². The summed E-state index contributed by atoms with van der Waals surface area (Å²) < 4.78 is 0. The van der Waals surface area contributed by atoms with E-state index >= 15 is 0 Å². The molecule has 4 unspecified atom stereocenters. The molecule has 6 nitrogen and oxygen atoms in total. The van der Waals surface area contributed by atoms with E-state index in [-0.39, 0.29) is 27.4 Å². The molecule has 0 saturated carbocycles.